The zero-order valence-electron chi connectivity index (χ0n) is 23.4. The highest BCUT2D eigenvalue weighted by atomic mass is 16.6. The summed E-state index contributed by atoms with van der Waals surface area (Å²) >= 11 is 0. The Balaban J connectivity index is 1.52. The molecule has 3 heterocycles. The number of carbonyl (C=O) groups excluding carboxylic acids is 2. The molecule has 210 valence electrons. The van der Waals surface area contributed by atoms with Gasteiger partial charge in [0.2, 0.25) is 0 Å². The number of aromatic nitrogens is 2. The van der Waals surface area contributed by atoms with E-state index < -0.39 is 17.8 Å². The average Bonchev–Trinajstić information content (AvgIpc) is 3.68. The molecular weight excluding hydrogens is 488 g/mol. The van der Waals surface area contributed by atoms with Gasteiger partial charge in [0, 0.05) is 57.3 Å². The molecule has 1 unspecified atom stereocenters. The summed E-state index contributed by atoms with van der Waals surface area (Å²) in [6.07, 6.45) is 7.16. The second kappa shape index (κ2) is 12.3. The third kappa shape index (κ3) is 6.58. The Morgan fingerprint density at radius 2 is 2.05 bits per heavy atom. The van der Waals surface area contributed by atoms with E-state index in [4.69, 9.17) is 18.9 Å². The van der Waals surface area contributed by atoms with Gasteiger partial charge in [-0.15, -0.1) is 0 Å². The molecule has 2 aromatic rings. The SMILES string of the molecule is CCCC(C)(C)OC(=O)N1CCOC(C(=O)N(Cc2cn(CCCOC)c3nccc(OC)c23)C2CC2)C1. The van der Waals surface area contributed by atoms with E-state index in [0.29, 0.717) is 26.3 Å². The number of ether oxygens (including phenoxy) is 4. The number of methoxy groups -OCH3 is 2. The minimum atomic E-state index is -0.721. The first-order valence-electron chi connectivity index (χ1n) is 13.7. The van der Waals surface area contributed by atoms with Gasteiger partial charge in [0.25, 0.3) is 5.91 Å². The summed E-state index contributed by atoms with van der Waals surface area (Å²) in [5.41, 5.74) is 1.26. The number of rotatable bonds is 12. The molecule has 10 heteroatoms. The van der Waals surface area contributed by atoms with Gasteiger partial charge in [0.05, 0.1) is 25.6 Å². The maximum absolute atomic E-state index is 13.8. The van der Waals surface area contributed by atoms with Gasteiger partial charge in [0.15, 0.2) is 6.10 Å². The van der Waals surface area contributed by atoms with Crippen LogP contribution in [0, 0.1) is 0 Å². The Hall–Kier alpha value is -2.85. The molecule has 10 nitrogen and oxygen atoms in total. The van der Waals surface area contributed by atoms with Crippen molar-refractivity contribution < 1.29 is 28.5 Å². The molecule has 4 rings (SSSR count). The second-order valence-corrected chi connectivity index (χ2v) is 10.8. The fourth-order valence-electron chi connectivity index (χ4n) is 5.17. The predicted octanol–water partition coefficient (Wildman–Crippen LogP) is 3.99. The van der Waals surface area contributed by atoms with Crippen molar-refractivity contribution in [1.29, 1.82) is 0 Å². The van der Waals surface area contributed by atoms with E-state index in [0.717, 1.165) is 61.0 Å². The number of pyridine rings is 1. The first-order valence-corrected chi connectivity index (χ1v) is 13.7. The summed E-state index contributed by atoms with van der Waals surface area (Å²) in [4.78, 5) is 34.8. The average molecular weight is 531 g/mol. The maximum atomic E-state index is 13.8. The summed E-state index contributed by atoms with van der Waals surface area (Å²) in [5, 5.41) is 0.916. The van der Waals surface area contributed by atoms with E-state index in [9.17, 15) is 9.59 Å². The molecule has 0 N–H and O–H groups in total. The molecule has 0 spiro atoms. The summed E-state index contributed by atoms with van der Waals surface area (Å²) in [6, 6.07) is 2.01. The van der Waals surface area contributed by atoms with Crippen LogP contribution in [0.5, 0.6) is 5.75 Å². The van der Waals surface area contributed by atoms with Crippen molar-refractivity contribution in [3.05, 3.63) is 24.0 Å². The fourth-order valence-corrected chi connectivity index (χ4v) is 5.17. The van der Waals surface area contributed by atoms with Crippen molar-refractivity contribution in [2.75, 3.05) is 40.5 Å². The highest BCUT2D eigenvalue weighted by Gasteiger charge is 2.40. The molecule has 1 aliphatic carbocycles. The van der Waals surface area contributed by atoms with Crippen LogP contribution in [0.4, 0.5) is 4.79 Å². The second-order valence-electron chi connectivity index (χ2n) is 10.8. The Morgan fingerprint density at radius 1 is 1.26 bits per heavy atom. The van der Waals surface area contributed by atoms with Gasteiger partial charge < -0.3 is 33.3 Å². The van der Waals surface area contributed by atoms with Gasteiger partial charge in [-0.3, -0.25) is 4.79 Å². The lowest BCUT2D eigenvalue weighted by Gasteiger charge is -2.36. The molecule has 0 aromatic carbocycles. The molecule has 2 amide bonds. The minimum Gasteiger partial charge on any atom is -0.496 e. The van der Waals surface area contributed by atoms with Crippen molar-refractivity contribution >= 4 is 23.0 Å². The fraction of sp³-hybridized carbons (Fsp3) is 0.679. The molecule has 1 saturated carbocycles. The van der Waals surface area contributed by atoms with Gasteiger partial charge in [-0.2, -0.15) is 0 Å². The monoisotopic (exact) mass is 530 g/mol. The van der Waals surface area contributed by atoms with Crippen molar-refractivity contribution in [2.45, 2.75) is 83.7 Å². The topological polar surface area (TPSA) is 95.4 Å². The van der Waals surface area contributed by atoms with Crippen molar-refractivity contribution in [3.63, 3.8) is 0 Å². The van der Waals surface area contributed by atoms with Crippen LogP contribution in [0.25, 0.3) is 11.0 Å². The minimum absolute atomic E-state index is 0.0963. The Kier molecular flexibility index (Phi) is 9.15. The van der Waals surface area contributed by atoms with E-state index in [1.807, 2.05) is 24.8 Å². The largest absolute Gasteiger partial charge is 0.496 e. The molecule has 1 aliphatic heterocycles. The van der Waals surface area contributed by atoms with Crippen molar-refractivity contribution in [1.82, 2.24) is 19.4 Å². The molecule has 2 aliphatic rings. The van der Waals surface area contributed by atoms with Gasteiger partial charge in [-0.05, 0) is 45.6 Å². The first kappa shape index (κ1) is 28.2. The molecule has 0 bridgehead atoms. The zero-order chi connectivity index (χ0) is 27.3. The molecule has 1 atom stereocenters. The van der Waals surface area contributed by atoms with Gasteiger partial charge in [-0.25, -0.2) is 9.78 Å². The number of nitrogens with zero attached hydrogens (tertiary/aromatic N) is 4. The smallest absolute Gasteiger partial charge is 0.410 e. The van der Waals surface area contributed by atoms with Crippen LogP contribution >= 0.6 is 0 Å². The molecular formula is C28H42N4O6. The molecule has 2 aromatic heterocycles. The maximum Gasteiger partial charge on any atom is 0.410 e. The zero-order valence-corrected chi connectivity index (χ0v) is 23.4. The van der Waals surface area contributed by atoms with Crippen LogP contribution < -0.4 is 4.74 Å². The van der Waals surface area contributed by atoms with E-state index in [1.54, 1.807) is 25.3 Å². The Morgan fingerprint density at radius 3 is 2.74 bits per heavy atom. The van der Waals surface area contributed by atoms with Crippen molar-refractivity contribution in [2.24, 2.45) is 0 Å². The Labute approximate surface area is 225 Å². The van der Waals surface area contributed by atoms with E-state index in [1.165, 1.54) is 0 Å². The number of fused-ring (bicyclic) bond motifs is 1. The third-order valence-corrected chi connectivity index (χ3v) is 7.19. The van der Waals surface area contributed by atoms with Crippen LogP contribution in [0.3, 0.4) is 0 Å². The summed E-state index contributed by atoms with van der Waals surface area (Å²) in [7, 11) is 3.34. The van der Waals surface area contributed by atoms with Gasteiger partial charge in [-0.1, -0.05) is 13.3 Å². The molecule has 38 heavy (non-hydrogen) atoms. The number of morpholine rings is 1. The first-order chi connectivity index (χ1) is 18.3. The molecule has 0 radical (unpaired) electrons. The van der Waals surface area contributed by atoms with Crippen LogP contribution in [0.1, 0.15) is 58.4 Å². The van der Waals surface area contributed by atoms with Gasteiger partial charge in [0.1, 0.15) is 17.0 Å². The van der Waals surface area contributed by atoms with E-state index >= 15 is 0 Å². The lowest BCUT2D eigenvalue weighted by molar-refractivity contribution is -0.150. The van der Waals surface area contributed by atoms with Crippen LogP contribution in [-0.4, -0.2) is 89.6 Å². The third-order valence-electron chi connectivity index (χ3n) is 7.19. The van der Waals surface area contributed by atoms with E-state index in [-0.39, 0.29) is 18.5 Å². The number of amides is 2. The molecule has 2 fully saturated rings. The number of carbonyl (C=O) groups is 2. The van der Waals surface area contributed by atoms with E-state index in [2.05, 4.69) is 22.7 Å². The highest BCUT2D eigenvalue weighted by molar-refractivity contribution is 5.88. The van der Waals surface area contributed by atoms with Crippen LogP contribution in [0.2, 0.25) is 0 Å². The summed E-state index contributed by atoms with van der Waals surface area (Å²) in [5.74, 6) is 0.636. The summed E-state index contributed by atoms with van der Waals surface area (Å²) in [6.45, 7) is 8.62. The lowest BCUT2D eigenvalue weighted by Crippen LogP contribution is -2.53. The normalized spacial score (nSPS) is 18.0. The number of aryl methyl sites for hydroxylation is 1. The van der Waals surface area contributed by atoms with Crippen LogP contribution in [0.15, 0.2) is 18.5 Å². The van der Waals surface area contributed by atoms with Gasteiger partial charge >= 0.3 is 6.09 Å². The predicted molar refractivity (Wildman–Crippen MR) is 143 cm³/mol. The number of hydrogen-bond acceptors (Lipinski definition) is 7. The van der Waals surface area contributed by atoms with Crippen LogP contribution in [-0.2, 0) is 32.1 Å². The highest BCUT2D eigenvalue weighted by Crippen LogP contribution is 2.34. The number of hydrogen-bond donors (Lipinski definition) is 0. The quantitative estimate of drug-likeness (QED) is 0.383. The van der Waals surface area contributed by atoms with Crippen molar-refractivity contribution in [3.8, 4) is 5.75 Å². The lowest BCUT2D eigenvalue weighted by atomic mass is 10.0. The molecule has 1 saturated heterocycles. The Bertz CT molecular complexity index is 1110. The summed E-state index contributed by atoms with van der Waals surface area (Å²) < 4.78 is 24.7. The standard InChI is InChI=1S/C28H42N4O6/c1-6-11-28(2,3)38-27(34)31-14-16-37-23(19-31)26(33)32(21-8-9-21)18-20-17-30(13-7-15-35-4)25-24(20)22(36-5)10-12-29-25/h10,12,17,21,23H,6-9,11,13-16,18-19H2,1-5H3.